The topological polar surface area (TPSA) is 118 Å². The SMILES string of the molecule is COC(=O)c1ccc([C@H]2C(=C(O)c3ccc(Cl)cc3)C(=O)C(=O)N2[C@H]2CCS(=O)(=O)C2)cc1. The number of ether oxygens (including phenoxy) is 1. The number of benzene rings is 2. The van der Waals surface area contributed by atoms with Crippen molar-refractivity contribution in [3.8, 4) is 0 Å². The largest absolute Gasteiger partial charge is 0.507 e. The van der Waals surface area contributed by atoms with Crippen LogP contribution >= 0.6 is 11.6 Å². The van der Waals surface area contributed by atoms with Gasteiger partial charge in [0, 0.05) is 16.6 Å². The number of Topliss-reactive ketones (excluding diaryl/α,β-unsaturated/α-hetero) is 1. The summed E-state index contributed by atoms with van der Waals surface area (Å²) >= 11 is 5.92. The first-order valence-electron chi connectivity index (χ1n) is 10.1. The predicted molar refractivity (Wildman–Crippen MR) is 120 cm³/mol. The molecule has 33 heavy (non-hydrogen) atoms. The summed E-state index contributed by atoms with van der Waals surface area (Å²) < 4.78 is 28.9. The van der Waals surface area contributed by atoms with Crippen molar-refractivity contribution in [1.29, 1.82) is 0 Å². The van der Waals surface area contributed by atoms with Crippen molar-refractivity contribution in [2.75, 3.05) is 18.6 Å². The van der Waals surface area contributed by atoms with Crippen LogP contribution in [0.4, 0.5) is 0 Å². The van der Waals surface area contributed by atoms with Crippen LogP contribution in [0.5, 0.6) is 0 Å². The molecule has 2 fully saturated rings. The van der Waals surface area contributed by atoms with E-state index < -0.39 is 45.3 Å². The second-order valence-corrected chi connectivity index (χ2v) is 10.5. The first kappa shape index (κ1) is 23.0. The molecule has 0 unspecified atom stereocenters. The lowest BCUT2D eigenvalue weighted by atomic mass is 9.94. The number of rotatable bonds is 4. The highest BCUT2D eigenvalue weighted by molar-refractivity contribution is 7.91. The molecule has 0 radical (unpaired) electrons. The van der Waals surface area contributed by atoms with Gasteiger partial charge in [0.1, 0.15) is 5.76 Å². The molecular weight excluding hydrogens is 470 g/mol. The highest BCUT2D eigenvalue weighted by Gasteiger charge is 2.50. The molecule has 2 aromatic rings. The molecule has 1 N–H and O–H groups in total. The molecule has 0 aliphatic carbocycles. The van der Waals surface area contributed by atoms with Crippen LogP contribution in [0.3, 0.4) is 0 Å². The van der Waals surface area contributed by atoms with E-state index in [1.807, 2.05) is 0 Å². The summed E-state index contributed by atoms with van der Waals surface area (Å²) in [5.41, 5.74) is 0.839. The normalized spacial score (nSPS) is 23.6. The number of ketones is 1. The van der Waals surface area contributed by atoms with Crippen molar-refractivity contribution >= 4 is 44.9 Å². The minimum atomic E-state index is -3.36. The molecule has 1 amide bonds. The number of nitrogens with zero attached hydrogens (tertiary/aromatic N) is 1. The summed E-state index contributed by atoms with van der Waals surface area (Å²) in [6.07, 6.45) is 0.188. The van der Waals surface area contributed by atoms with Gasteiger partial charge < -0.3 is 14.7 Å². The Bertz CT molecular complexity index is 1270. The van der Waals surface area contributed by atoms with E-state index in [0.29, 0.717) is 10.6 Å². The summed E-state index contributed by atoms with van der Waals surface area (Å²) in [5.74, 6) is -3.10. The Labute approximate surface area is 195 Å². The number of hydrogen-bond acceptors (Lipinski definition) is 7. The van der Waals surface area contributed by atoms with E-state index in [9.17, 15) is 27.9 Å². The second kappa shape index (κ2) is 8.64. The molecule has 0 spiro atoms. The molecule has 2 aliphatic rings. The number of carbonyl (C=O) groups is 3. The summed E-state index contributed by atoms with van der Waals surface area (Å²) in [7, 11) is -2.11. The molecule has 2 saturated heterocycles. The van der Waals surface area contributed by atoms with E-state index >= 15 is 0 Å². The van der Waals surface area contributed by atoms with Crippen molar-refractivity contribution in [3.63, 3.8) is 0 Å². The number of esters is 1. The van der Waals surface area contributed by atoms with Crippen molar-refractivity contribution in [3.05, 3.63) is 75.8 Å². The summed E-state index contributed by atoms with van der Waals surface area (Å²) in [6.45, 7) is 0. The molecule has 2 heterocycles. The molecule has 0 aromatic heterocycles. The maximum Gasteiger partial charge on any atom is 0.337 e. The third kappa shape index (κ3) is 4.26. The van der Waals surface area contributed by atoms with Crippen molar-refractivity contribution in [1.82, 2.24) is 4.90 Å². The van der Waals surface area contributed by atoms with Gasteiger partial charge in [0.05, 0.1) is 35.8 Å². The van der Waals surface area contributed by atoms with Crippen LogP contribution in [0, 0.1) is 0 Å². The van der Waals surface area contributed by atoms with Crippen molar-refractivity contribution < 1.29 is 32.6 Å². The molecule has 0 bridgehead atoms. The van der Waals surface area contributed by atoms with Gasteiger partial charge in [-0.3, -0.25) is 9.59 Å². The first-order valence-corrected chi connectivity index (χ1v) is 12.3. The van der Waals surface area contributed by atoms with Crippen LogP contribution in [0.1, 0.15) is 33.9 Å². The van der Waals surface area contributed by atoms with Crippen LogP contribution in [-0.2, 0) is 24.2 Å². The Balaban J connectivity index is 1.86. The zero-order chi connectivity index (χ0) is 23.9. The van der Waals surface area contributed by atoms with Gasteiger partial charge in [-0.15, -0.1) is 0 Å². The van der Waals surface area contributed by atoms with E-state index in [4.69, 9.17) is 16.3 Å². The highest BCUT2D eigenvalue weighted by Crippen LogP contribution is 2.42. The van der Waals surface area contributed by atoms with Crippen molar-refractivity contribution in [2.24, 2.45) is 0 Å². The van der Waals surface area contributed by atoms with Crippen molar-refractivity contribution in [2.45, 2.75) is 18.5 Å². The first-order chi connectivity index (χ1) is 15.6. The second-order valence-electron chi connectivity index (χ2n) is 7.88. The molecule has 2 aliphatic heterocycles. The Kier molecular flexibility index (Phi) is 6.02. The fraction of sp³-hybridized carbons (Fsp3) is 0.261. The number of aliphatic hydroxyl groups is 1. The van der Waals surface area contributed by atoms with Gasteiger partial charge in [-0.05, 0) is 48.4 Å². The number of aliphatic hydroxyl groups excluding tert-OH is 1. The fourth-order valence-electron chi connectivity index (χ4n) is 4.23. The van der Waals surface area contributed by atoms with Crippen LogP contribution in [-0.4, -0.2) is 60.7 Å². The van der Waals surface area contributed by atoms with Gasteiger partial charge in [0.15, 0.2) is 9.84 Å². The zero-order valence-corrected chi connectivity index (χ0v) is 19.1. The zero-order valence-electron chi connectivity index (χ0n) is 17.5. The Hall–Kier alpha value is -3.17. The molecule has 10 heteroatoms. The van der Waals surface area contributed by atoms with Gasteiger partial charge in [-0.1, -0.05) is 23.7 Å². The summed E-state index contributed by atoms with van der Waals surface area (Å²) in [5, 5.41) is 11.4. The Morgan fingerprint density at radius 1 is 1.06 bits per heavy atom. The summed E-state index contributed by atoms with van der Waals surface area (Å²) in [4.78, 5) is 39.2. The molecule has 0 saturated carbocycles. The third-order valence-corrected chi connectivity index (χ3v) is 7.85. The number of hydrogen-bond donors (Lipinski definition) is 1. The smallest absolute Gasteiger partial charge is 0.337 e. The lowest BCUT2D eigenvalue weighted by molar-refractivity contribution is -0.141. The maximum absolute atomic E-state index is 13.1. The molecule has 4 rings (SSSR count). The van der Waals surface area contributed by atoms with Gasteiger partial charge in [0.2, 0.25) is 0 Å². The van der Waals surface area contributed by atoms with E-state index in [0.717, 1.165) is 0 Å². The number of carbonyl (C=O) groups excluding carboxylic acids is 3. The predicted octanol–water partition coefficient (Wildman–Crippen LogP) is 2.74. The van der Waals surface area contributed by atoms with Crippen LogP contribution in [0.25, 0.3) is 5.76 Å². The highest BCUT2D eigenvalue weighted by atomic mass is 35.5. The maximum atomic E-state index is 13.1. The van der Waals surface area contributed by atoms with Gasteiger partial charge in [-0.25, -0.2) is 13.2 Å². The van der Waals surface area contributed by atoms with Crippen LogP contribution < -0.4 is 0 Å². The molecule has 2 atom stereocenters. The molecular formula is C23H20ClNO7S. The number of methoxy groups -OCH3 is 1. The average Bonchev–Trinajstić information content (AvgIpc) is 3.29. The number of amides is 1. The quantitative estimate of drug-likeness (QED) is 0.303. The Morgan fingerprint density at radius 3 is 2.21 bits per heavy atom. The van der Waals surface area contributed by atoms with Gasteiger partial charge in [-0.2, -0.15) is 0 Å². The number of likely N-dealkylation sites (tertiary alicyclic amines) is 1. The summed E-state index contributed by atoms with van der Waals surface area (Å²) in [6, 6.07) is 10.4. The lowest BCUT2D eigenvalue weighted by Crippen LogP contribution is -2.40. The standard InChI is InChI=1S/C23H20ClNO7S/c1-32-23(29)15-4-2-13(3-5-15)19-18(20(26)14-6-8-16(24)9-7-14)21(27)22(28)25(19)17-10-11-33(30,31)12-17/h2-9,17,19,26H,10-12H2,1H3/t17-,19-/m0/s1. The van der Waals surface area contributed by atoms with E-state index in [2.05, 4.69) is 0 Å². The van der Waals surface area contributed by atoms with E-state index in [-0.39, 0.29) is 34.6 Å². The third-order valence-electron chi connectivity index (χ3n) is 5.85. The monoisotopic (exact) mass is 489 g/mol. The number of sulfone groups is 1. The van der Waals surface area contributed by atoms with E-state index in [1.165, 1.54) is 48.4 Å². The average molecular weight is 490 g/mol. The molecule has 172 valence electrons. The van der Waals surface area contributed by atoms with E-state index in [1.54, 1.807) is 12.1 Å². The molecule has 8 nitrogen and oxygen atoms in total. The van der Waals surface area contributed by atoms with Crippen LogP contribution in [0.2, 0.25) is 5.02 Å². The fourth-order valence-corrected chi connectivity index (χ4v) is 6.07. The number of halogens is 1. The lowest BCUT2D eigenvalue weighted by Gasteiger charge is -2.30. The molecule has 2 aromatic carbocycles. The minimum absolute atomic E-state index is 0.0914. The van der Waals surface area contributed by atoms with Crippen LogP contribution in [0.15, 0.2) is 54.1 Å². The van der Waals surface area contributed by atoms with Gasteiger partial charge in [0.25, 0.3) is 11.7 Å². The van der Waals surface area contributed by atoms with Gasteiger partial charge >= 0.3 is 5.97 Å². The Morgan fingerprint density at radius 2 is 1.67 bits per heavy atom. The minimum Gasteiger partial charge on any atom is -0.507 e.